The van der Waals surface area contributed by atoms with E-state index in [1.54, 1.807) is 4.90 Å². The first-order valence-electron chi connectivity index (χ1n) is 10.8. The number of hydrogen-bond acceptors (Lipinski definition) is 5. The summed E-state index contributed by atoms with van der Waals surface area (Å²) in [6.07, 6.45) is 2.58. The molecule has 0 aliphatic carbocycles. The summed E-state index contributed by atoms with van der Waals surface area (Å²) in [5.74, 6) is -0.797. The summed E-state index contributed by atoms with van der Waals surface area (Å²) in [6, 6.07) is 13.9. The summed E-state index contributed by atoms with van der Waals surface area (Å²) in [5.41, 5.74) is 11.6. The van der Waals surface area contributed by atoms with Gasteiger partial charge in [-0.2, -0.15) is 0 Å². The van der Waals surface area contributed by atoms with Gasteiger partial charge in [-0.1, -0.05) is 30.3 Å². The van der Waals surface area contributed by atoms with Gasteiger partial charge in [-0.15, -0.1) is 0 Å². The number of fused-ring (bicyclic) bond motifs is 2. The van der Waals surface area contributed by atoms with Gasteiger partial charge in [-0.25, -0.2) is 0 Å². The first kappa shape index (κ1) is 19.8. The maximum atomic E-state index is 12.9. The second-order valence-corrected chi connectivity index (χ2v) is 8.70. The van der Waals surface area contributed by atoms with Crippen molar-refractivity contribution in [2.45, 2.75) is 50.9 Å². The molecule has 2 unspecified atom stereocenters. The predicted octanol–water partition coefficient (Wildman–Crippen LogP) is 1.73. The number of aryl methyl sites for hydroxylation is 1. The topological polar surface area (TPSA) is 95.7 Å². The van der Waals surface area contributed by atoms with Crippen LogP contribution < -0.4 is 16.0 Å². The minimum absolute atomic E-state index is 0.117. The molecule has 1 fully saturated rings. The fourth-order valence-electron chi connectivity index (χ4n) is 4.94. The molecule has 2 aromatic rings. The van der Waals surface area contributed by atoms with Crippen molar-refractivity contribution in [3.05, 3.63) is 64.7 Å². The monoisotopic (exact) mass is 418 g/mol. The average molecular weight is 418 g/mol. The van der Waals surface area contributed by atoms with Crippen molar-refractivity contribution in [2.24, 2.45) is 5.73 Å². The maximum absolute atomic E-state index is 12.9. The number of nitrogens with two attached hydrogens (primary N) is 1. The lowest BCUT2D eigenvalue weighted by Gasteiger charge is -2.29. The highest BCUT2D eigenvalue weighted by Crippen LogP contribution is 2.31. The number of imide groups is 1. The van der Waals surface area contributed by atoms with Crippen LogP contribution in [-0.2, 0) is 29.1 Å². The molecule has 3 heterocycles. The Morgan fingerprint density at radius 3 is 2.68 bits per heavy atom. The molecule has 0 spiro atoms. The lowest BCUT2D eigenvalue weighted by atomic mass is 10.0. The van der Waals surface area contributed by atoms with Gasteiger partial charge in [0.25, 0.3) is 5.91 Å². The third kappa shape index (κ3) is 3.70. The van der Waals surface area contributed by atoms with Crippen LogP contribution in [0.3, 0.4) is 0 Å². The van der Waals surface area contributed by atoms with Crippen molar-refractivity contribution >= 4 is 23.4 Å². The summed E-state index contributed by atoms with van der Waals surface area (Å²) in [4.78, 5) is 40.5. The van der Waals surface area contributed by atoms with E-state index >= 15 is 0 Å². The number of anilines is 1. The second kappa shape index (κ2) is 7.81. The van der Waals surface area contributed by atoms with Crippen LogP contribution in [0.1, 0.15) is 46.3 Å². The highest BCUT2D eigenvalue weighted by atomic mass is 16.2. The molecule has 5 rings (SSSR count). The second-order valence-electron chi connectivity index (χ2n) is 8.70. The summed E-state index contributed by atoms with van der Waals surface area (Å²) in [6.45, 7) is 1.89. The SMILES string of the molecule is NC1CCc2ccccc2N(Cc2ccc3c(c2)CN(C2CCC(=O)NC2=O)C3=O)C1. The molecule has 0 aromatic heterocycles. The Balaban J connectivity index is 1.37. The van der Waals surface area contributed by atoms with E-state index in [1.165, 1.54) is 11.3 Å². The smallest absolute Gasteiger partial charge is 0.255 e. The standard InChI is InChI=1S/C24H26N4O3/c25-18-7-6-16-3-1-2-4-20(16)27(14-18)12-15-5-8-19-17(11-15)13-28(24(19)31)21-9-10-22(29)26-23(21)30/h1-5,8,11,18,21H,6-7,9-10,12-14,25H2,(H,26,29,30). The number of para-hydroxylation sites is 1. The van der Waals surface area contributed by atoms with Gasteiger partial charge in [0.15, 0.2) is 0 Å². The molecule has 160 valence electrons. The molecular formula is C24H26N4O3. The maximum Gasteiger partial charge on any atom is 0.255 e. The zero-order chi connectivity index (χ0) is 21.5. The van der Waals surface area contributed by atoms with E-state index in [1.807, 2.05) is 12.1 Å². The Bertz CT molecular complexity index is 1070. The van der Waals surface area contributed by atoms with Gasteiger partial charge in [-0.05, 0) is 48.1 Å². The molecule has 0 bridgehead atoms. The lowest BCUT2D eigenvalue weighted by molar-refractivity contribution is -0.136. The van der Waals surface area contributed by atoms with Gasteiger partial charge in [0.2, 0.25) is 11.8 Å². The number of hydrogen-bond donors (Lipinski definition) is 2. The highest BCUT2D eigenvalue weighted by Gasteiger charge is 2.39. The third-order valence-electron chi connectivity index (χ3n) is 6.53. The highest BCUT2D eigenvalue weighted by molar-refractivity contribution is 6.05. The van der Waals surface area contributed by atoms with Crippen LogP contribution in [0.2, 0.25) is 0 Å². The summed E-state index contributed by atoms with van der Waals surface area (Å²) >= 11 is 0. The number of nitrogens with zero attached hydrogens (tertiary/aromatic N) is 2. The van der Waals surface area contributed by atoms with Gasteiger partial charge < -0.3 is 15.5 Å². The lowest BCUT2D eigenvalue weighted by Crippen LogP contribution is -2.52. The van der Waals surface area contributed by atoms with Gasteiger partial charge in [0.1, 0.15) is 6.04 Å². The minimum Gasteiger partial charge on any atom is -0.365 e. The van der Waals surface area contributed by atoms with Crippen molar-refractivity contribution in [3.63, 3.8) is 0 Å². The number of nitrogens with one attached hydrogen (secondary N) is 1. The molecule has 3 N–H and O–H groups in total. The Hall–Kier alpha value is -3.19. The summed E-state index contributed by atoms with van der Waals surface area (Å²) in [7, 11) is 0. The number of carbonyl (C=O) groups is 3. The normalized spacial score (nSPS) is 23.3. The van der Waals surface area contributed by atoms with Crippen LogP contribution in [0.15, 0.2) is 42.5 Å². The number of piperidine rings is 1. The molecule has 7 nitrogen and oxygen atoms in total. The molecular weight excluding hydrogens is 392 g/mol. The quantitative estimate of drug-likeness (QED) is 0.740. The minimum atomic E-state index is -0.587. The molecule has 0 saturated carbocycles. The van der Waals surface area contributed by atoms with Gasteiger partial charge in [-0.3, -0.25) is 19.7 Å². The molecule has 31 heavy (non-hydrogen) atoms. The first-order valence-corrected chi connectivity index (χ1v) is 10.8. The molecule has 2 atom stereocenters. The first-order chi connectivity index (χ1) is 15.0. The molecule has 3 amide bonds. The van der Waals surface area contributed by atoms with Crippen LogP contribution in [0, 0.1) is 0 Å². The Morgan fingerprint density at radius 2 is 1.84 bits per heavy atom. The third-order valence-corrected chi connectivity index (χ3v) is 6.53. The Kier molecular flexibility index (Phi) is 4.98. The molecule has 2 aromatic carbocycles. The molecule has 1 saturated heterocycles. The zero-order valence-electron chi connectivity index (χ0n) is 17.3. The fraction of sp³-hybridized carbons (Fsp3) is 0.375. The van der Waals surface area contributed by atoms with E-state index in [-0.39, 0.29) is 30.2 Å². The molecule has 3 aliphatic heterocycles. The van der Waals surface area contributed by atoms with E-state index in [9.17, 15) is 14.4 Å². The Morgan fingerprint density at radius 1 is 1.00 bits per heavy atom. The average Bonchev–Trinajstić information content (AvgIpc) is 2.98. The van der Waals surface area contributed by atoms with E-state index in [0.717, 1.165) is 30.5 Å². The summed E-state index contributed by atoms with van der Waals surface area (Å²) in [5, 5.41) is 2.35. The van der Waals surface area contributed by atoms with E-state index < -0.39 is 6.04 Å². The van der Waals surface area contributed by atoms with E-state index in [4.69, 9.17) is 5.73 Å². The fourth-order valence-corrected chi connectivity index (χ4v) is 4.94. The molecule has 0 radical (unpaired) electrons. The van der Waals surface area contributed by atoms with Crippen LogP contribution >= 0.6 is 0 Å². The van der Waals surface area contributed by atoms with Crippen molar-refractivity contribution in [1.82, 2.24) is 10.2 Å². The zero-order valence-corrected chi connectivity index (χ0v) is 17.3. The van der Waals surface area contributed by atoms with Crippen molar-refractivity contribution < 1.29 is 14.4 Å². The predicted molar refractivity (Wildman–Crippen MR) is 116 cm³/mol. The van der Waals surface area contributed by atoms with E-state index in [2.05, 4.69) is 40.5 Å². The van der Waals surface area contributed by atoms with Crippen LogP contribution in [0.5, 0.6) is 0 Å². The molecule has 3 aliphatic rings. The molecule has 7 heteroatoms. The number of carbonyl (C=O) groups excluding carboxylic acids is 3. The van der Waals surface area contributed by atoms with Crippen molar-refractivity contribution in [1.29, 1.82) is 0 Å². The van der Waals surface area contributed by atoms with Gasteiger partial charge in [0.05, 0.1) is 0 Å². The largest absolute Gasteiger partial charge is 0.365 e. The summed E-state index contributed by atoms with van der Waals surface area (Å²) < 4.78 is 0. The number of amides is 3. The number of benzene rings is 2. The van der Waals surface area contributed by atoms with Gasteiger partial charge in [0, 0.05) is 43.3 Å². The van der Waals surface area contributed by atoms with E-state index in [0.29, 0.717) is 25.1 Å². The van der Waals surface area contributed by atoms with Crippen molar-refractivity contribution in [3.8, 4) is 0 Å². The van der Waals surface area contributed by atoms with Crippen molar-refractivity contribution in [2.75, 3.05) is 11.4 Å². The van der Waals surface area contributed by atoms with Crippen LogP contribution in [0.25, 0.3) is 0 Å². The van der Waals surface area contributed by atoms with Gasteiger partial charge >= 0.3 is 0 Å². The Labute approximate surface area is 181 Å². The number of rotatable bonds is 3. The van der Waals surface area contributed by atoms with Crippen LogP contribution in [0.4, 0.5) is 5.69 Å². The van der Waals surface area contributed by atoms with Crippen LogP contribution in [-0.4, -0.2) is 41.2 Å².